The Morgan fingerprint density at radius 2 is 2.06 bits per heavy atom. The Kier molecular flexibility index (Phi) is 5.55. The number of nitrogens with one attached hydrogen (secondary N) is 1. The second-order valence-electron chi connectivity index (χ2n) is 3.21. The third-order valence-corrected chi connectivity index (χ3v) is 2.00. The van der Waals surface area contributed by atoms with Gasteiger partial charge in [0.25, 0.3) is 5.91 Å². The molecule has 0 bridgehead atoms. The molecule has 0 fully saturated rings. The molecular weight excluding hydrogens is 220 g/mol. The molecule has 0 aliphatic carbocycles. The maximum Gasteiger partial charge on any atom is 0.252 e. The maximum atomic E-state index is 11.5. The number of methoxy groups -OCH3 is 1. The minimum absolute atomic E-state index is 0.00488. The molecule has 0 saturated heterocycles. The molecule has 0 aliphatic heterocycles. The lowest BCUT2D eigenvalue weighted by Crippen LogP contribution is -2.23. The van der Waals surface area contributed by atoms with Gasteiger partial charge in [0, 0.05) is 12.7 Å². The summed E-state index contributed by atoms with van der Waals surface area (Å²) in [6, 6.07) is 8.55. The minimum Gasteiger partial charge on any atom is -0.491 e. The van der Waals surface area contributed by atoms with Crippen LogP contribution in [0.4, 0.5) is 0 Å². The highest BCUT2D eigenvalue weighted by molar-refractivity contribution is 5.94. The molecule has 0 aromatic heterocycles. The van der Waals surface area contributed by atoms with Crippen molar-refractivity contribution in [3.8, 4) is 11.8 Å². The molecule has 17 heavy (non-hydrogen) atoms. The van der Waals surface area contributed by atoms with E-state index in [4.69, 9.17) is 14.7 Å². The Labute approximate surface area is 100.0 Å². The molecule has 0 spiro atoms. The smallest absolute Gasteiger partial charge is 0.252 e. The van der Waals surface area contributed by atoms with Crippen molar-refractivity contribution in [1.29, 1.82) is 5.26 Å². The van der Waals surface area contributed by atoms with E-state index < -0.39 is 0 Å². The van der Waals surface area contributed by atoms with Gasteiger partial charge in [-0.15, -0.1) is 0 Å². The summed E-state index contributed by atoms with van der Waals surface area (Å²) in [6.45, 7) is 0.992. The van der Waals surface area contributed by atoms with Gasteiger partial charge in [-0.25, -0.2) is 0 Å². The average Bonchev–Trinajstić information content (AvgIpc) is 2.37. The van der Waals surface area contributed by atoms with Crippen LogP contribution in [0.2, 0.25) is 0 Å². The van der Waals surface area contributed by atoms with Crippen molar-refractivity contribution < 1.29 is 14.3 Å². The highest BCUT2D eigenvalue weighted by atomic mass is 16.5. The molecule has 0 aliphatic rings. The van der Waals surface area contributed by atoms with Crippen molar-refractivity contribution in [2.75, 3.05) is 26.9 Å². The number of hydrogen-bond donors (Lipinski definition) is 1. The Morgan fingerprint density at radius 3 is 2.65 bits per heavy atom. The van der Waals surface area contributed by atoms with Gasteiger partial charge in [-0.1, -0.05) is 0 Å². The zero-order valence-electron chi connectivity index (χ0n) is 9.60. The summed E-state index contributed by atoms with van der Waals surface area (Å²) in [5, 5.41) is 10.8. The molecule has 0 heterocycles. The number of amides is 1. The molecule has 1 amide bonds. The van der Waals surface area contributed by atoms with E-state index in [2.05, 4.69) is 5.32 Å². The largest absolute Gasteiger partial charge is 0.491 e. The van der Waals surface area contributed by atoms with Crippen LogP contribution in [-0.2, 0) is 4.74 Å². The predicted molar refractivity (Wildman–Crippen MR) is 61.8 cm³/mol. The van der Waals surface area contributed by atoms with Crippen LogP contribution >= 0.6 is 0 Å². The molecule has 5 nitrogen and oxygen atoms in total. The molecule has 5 heteroatoms. The summed E-state index contributed by atoms with van der Waals surface area (Å²) >= 11 is 0. The van der Waals surface area contributed by atoms with Crippen LogP contribution in [-0.4, -0.2) is 32.8 Å². The fourth-order valence-corrected chi connectivity index (χ4v) is 1.17. The van der Waals surface area contributed by atoms with Crippen LogP contribution in [0.25, 0.3) is 0 Å². The zero-order chi connectivity index (χ0) is 12.5. The first-order valence-corrected chi connectivity index (χ1v) is 5.15. The van der Waals surface area contributed by atoms with E-state index in [1.165, 1.54) is 0 Å². The highest BCUT2D eigenvalue weighted by Crippen LogP contribution is 2.11. The van der Waals surface area contributed by atoms with Crippen molar-refractivity contribution >= 4 is 5.91 Å². The maximum absolute atomic E-state index is 11.5. The lowest BCUT2D eigenvalue weighted by Gasteiger charge is -2.06. The lowest BCUT2D eigenvalue weighted by atomic mass is 10.2. The normalized spacial score (nSPS) is 9.41. The van der Waals surface area contributed by atoms with E-state index in [0.29, 0.717) is 24.5 Å². The van der Waals surface area contributed by atoms with Crippen molar-refractivity contribution in [1.82, 2.24) is 5.32 Å². The lowest BCUT2D eigenvalue weighted by molar-refractivity contribution is 0.0958. The van der Waals surface area contributed by atoms with Crippen LogP contribution in [0.15, 0.2) is 24.3 Å². The fraction of sp³-hybridized carbons (Fsp3) is 0.333. The standard InChI is InChI=1S/C12H14N2O3/c1-16-8-9-17-11-4-2-10(3-5-11)12(15)14-7-6-13/h2-5H,7-9H2,1H3,(H,14,15). The molecule has 1 aromatic rings. The van der Waals surface area contributed by atoms with E-state index in [-0.39, 0.29) is 12.5 Å². The number of ether oxygens (including phenoxy) is 2. The van der Waals surface area contributed by atoms with E-state index in [0.717, 1.165) is 0 Å². The van der Waals surface area contributed by atoms with Gasteiger partial charge in [0.1, 0.15) is 18.9 Å². The number of carbonyl (C=O) groups is 1. The van der Waals surface area contributed by atoms with Crippen molar-refractivity contribution in [3.05, 3.63) is 29.8 Å². The van der Waals surface area contributed by atoms with Crippen LogP contribution < -0.4 is 10.1 Å². The van der Waals surface area contributed by atoms with Gasteiger partial charge >= 0.3 is 0 Å². The molecule has 1 rings (SSSR count). The Hall–Kier alpha value is -2.06. The zero-order valence-corrected chi connectivity index (χ0v) is 9.60. The van der Waals surface area contributed by atoms with Gasteiger partial charge in [-0.3, -0.25) is 4.79 Å². The summed E-state index contributed by atoms with van der Waals surface area (Å²) in [6.07, 6.45) is 0. The number of benzene rings is 1. The van der Waals surface area contributed by atoms with E-state index >= 15 is 0 Å². The van der Waals surface area contributed by atoms with E-state index in [9.17, 15) is 4.79 Å². The number of carbonyl (C=O) groups excluding carboxylic acids is 1. The van der Waals surface area contributed by atoms with E-state index in [1.807, 2.05) is 6.07 Å². The topological polar surface area (TPSA) is 71.3 Å². The Bertz CT molecular complexity index is 395. The van der Waals surface area contributed by atoms with Crippen molar-refractivity contribution in [3.63, 3.8) is 0 Å². The second-order valence-corrected chi connectivity index (χ2v) is 3.21. The molecular formula is C12H14N2O3. The van der Waals surface area contributed by atoms with Crippen LogP contribution in [0.1, 0.15) is 10.4 Å². The summed E-state index contributed by atoms with van der Waals surface area (Å²) in [4.78, 5) is 11.5. The first kappa shape index (κ1) is 13.0. The summed E-state index contributed by atoms with van der Waals surface area (Å²) in [7, 11) is 1.60. The Balaban J connectivity index is 2.50. The van der Waals surface area contributed by atoms with Gasteiger partial charge in [0.05, 0.1) is 12.7 Å². The molecule has 0 atom stereocenters. The summed E-state index contributed by atoms with van der Waals surface area (Å²) in [5.41, 5.74) is 0.499. The first-order chi connectivity index (χ1) is 8.27. The molecule has 1 N–H and O–H groups in total. The molecule has 1 aromatic carbocycles. The minimum atomic E-state index is -0.269. The quantitative estimate of drug-likeness (QED) is 0.588. The molecule has 0 unspecified atom stereocenters. The van der Waals surface area contributed by atoms with Gasteiger partial charge in [-0.05, 0) is 24.3 Å². The van der Waals surface area contributed by atoms with Crippen LogP contribution in [0, 0.1) is 11.3 Å². The second kappa shape index (κ2) is 7.25. The van der Waals surface area contributed by atoms with Gasteiger partial charge < -0.3 is 14.8 Å². The van der Waals surface area contributed by atoms with Gasteiger partial charge in [0.2, 0.25) is 0 Å². The predicted octanol–water partition coefficient (Wildman–Crippen LogP) is 0.965. The molecule has 0 saturated carbocycles. The van der Waals surface area contributed by atoms with Crippen molar-refractivity contribution in [2.45, 2.75) is 0 Å². The molecule has 0 radical (unpaired) electrons. The fourth-order valence-electron chi connectivity index (χ4n) is 1.17. The highest BCUT2D eigenvalue weighted by Gasteiger charge is 2.04. The van der Waals surface area contributed by atoms with Crippen LogP contribution in [0.3, 0.4) is 0 Å². The van der Waals surface area contributed by atoms with Crippen LogP contribution in [0.5, 0.6) is 5.75 Å². The number of nitriles is 1. The number of nitrogens with zero attached hydrogens (tertiary/aromatic N) is 1. The number of rotatable bonds is 6. The third-order valence-electron chi connectivity index (χ3n) is 2.00. The first-order valence-electron chi connectivity index (χ1n) is 5.15. The van der Waals surface area contributed by atoms with Gasteiger partial charge in [0.15, 0.2) is 0 Å². The Morgan fingerprint density at radius 1 is 1.35 bits per heavy atom. The summed E-state index contributed by atoms with van der Waals surface area (Å²) in [5.74, 6) is 0.411. The third kappa shape index (κ3) is 4.53. The van der Waals surface area contributed by atoms with Gasteiger partial charge in [-0.2, -0.15) is 5.26 Å². The average molecular weight is 234 g/mol. The summed E-state index contributed by atoms with van der Waals surface area (Å²) < 4.78 is 10.2. The van der Waals surface area contributed by atoms with E-state index in [1.54, 1.807) is 31.4 Å². The molecule has 90 valence electrons. The SMILES string of the molecule is COCCOc1ccc(C(=O)NCC#N)cc1. The monoisotopic (exact) mass is 234 g/mol. The number of hydrogen-bond acceptors (Lipinski definition) is 4. The van der Waals surface area contributed by atoms with Crippen molar-refractivity contribution in [2.24, 2.45) is 0 Å².